The fourth-order valence-electron chi connectivity index (χ4n) is 3.35. The fraction of sp³-hybridized carbons (Fsp3) is 0.474. The van der Waals surface area contributed by atoms with Gasteiger partial charge >= 0.3 is 0 Å². The second kappa shape index (κ2) is 7.35. The van der Waals surface area contributed by atoms with Gasteiger partial charge in [0, 0.05) is 12.3 Å². The second-order valence-corrected chi connectivity index (χ2v) is 6.64. The van der Waals surface area contributed by atoms with E-state index in [1.54, 1.807) is 16.8 Å². The zero-order valence-corrected chi connectivity index (χ0v) is 14.8. The largest absolute Gasteiger partial charge is 0.376 e. The molecule has 0 unspecified atom stereocenters. The van der Waals surface area contributed by atoms with Crippen LogP contribution in [0.4, 0.5) is 4.39 Å². The summed E-state index contributed by atoms with van der Waals surface area (Å²) in [6.45, 7) is 6.35. The summed E-state index contributed by atoms with van der Waals surface area (Å²) in [7, 11) is 0. The van der Waals surface area contributed by atoms with Crippen LogP contribution in [0.25, 0.3) is 0 Å². The summed E-state index contributed by atoms with van der Waals surface area (Å²) in [5.74, 6) is -0.423. The first-order valence-corrected chi connectivity index (χ1v) is 8.66. The number of amides is 1. The Morgan fingerprint density at radius 2 is 2.08 bits per heavy atom. The molecule has 0 saturated carbocycles. The molecule has 2 aromatic rings. The average molecular weight is 345 g/mol. The summed E-state index contributed by atoms with van der Waals surface area (Å²) in [6.07, 6.45) is 1.74. The molecule has 0 aliphatic carbocycles. The molecule has 0 radical (unpaired) electrons. The lowest BCUT2D eigenvalue weighted by Crippen LogP contribution is -2.40. The summed E-state index contributed by atoms with van der Waals surface area (Å²) in [4.78, 5) is 12.8. The quantitative estimate of drug-likeness (QED) is 0.905. The van der Waals surface area contributed by atoms with Gasteiger partial charge in [0.05, 0.1) is 17.8 Å². The summed E-state index contributed by atoms with van der Waals surface area (Å²) in [5.41, 5.74) is 2.67. The molecule has 134 valence electrons. The highest BCUT2D eigenvalue weighted by molar-refractivity contribution is 5.80. The first-order valence-electron chi connectivity index (χ1n) is 8.66. The standard InChI is InChI=1S/C19H24FN3O2/c1-12-11-13(2)23(22-12)14(3)19(24)21-18(17-5-4-10-25-17)15-6-8-16(20)9-7-15/h6-9,11,14,17-18H,4-5,10H2,1-3H3,(H,21,24)/t14-,17+,18-/m1/s1. The molecule has 1 fully saturated rings. The Labute approximate surface area is 147 Å². The van der Waals surface area contributed by atoms with E-state index in [4.69, 9.17) is 4.74 Å². The number of aryl methyl sites for hydroxylation is 2. The van der Waals surface area contributed by atoms with Crippen LogP contribution in [-0.4, -0.2) is 28.4 Å². The molecule has 5 nitrogen and oxygen atoms in total. The molecule has 0 bridgehead atoms. The van der Waals surface area contributed by atoms with Gasteiger partial charge in [-0.3, -0.25) is 9.48 Å². The first kappa shape index (κ1) is 17.6. The van der Waals surface area contributed by atoms with Crippen molar-refractivity contribution in [1.82, 2.24) is 15.1 Å². The maximum absolute atomic E-state index is 13.3. The normalized spacial score (nSPS) is 19.6. The molecule has 6 heteroatoms. The topological polar surface area (TPSA) is 56.2 Å². The molecular formula is C19H24FN3O2. The number of halogens is 1. The molecule has 3 atom stereocenters. The second-order valence-electron chi connectivity index (χ2n) is 6.64. The third-order valence-corrected chi connectivity index (χ3v) is 4.65. The van der Waals surface area contributed by atoms with E-state index in [-0.39, 0.29) is 23.9 Å². The van der Waals surface area contributed by atoms with Crippen LogP contribution >= 0.6 is 0 Å². The number of hydrogen-bond acceptors (Lipinski definition) is 3. The van der Waals surface area contributed by atoms with Crippen molar-refractivity contribution in [1.29, 1.82) is 0 Å². The summed E-state index contributed by atoms with van der Waals surface area (Å²) >= 11 is 0. The number of nitrogens with zero attached hydrogens (tertiary/aromatic N) is 2. The van der Waals surface area contributed by atoms with Crippen molar-refractivity contribution in [3.8, 4) is 0 Å². The minimum Gasteiger partial charge on any atom is -0.376 e. The van der Waals surface area contributed by atoms with Crippen LogP contribution in [0.2, 0.25) is 0 Å². The fourth-order valence-corrected chi connectivity index (χ4v) is 3.35. The highest BCUT2D eigenvalue weighted by Crippen LogP contribution is 2.28. The Balaban J connectivity index is 1.80. The number of ether oxygens (including phenoxy) is 1. The van der Waals surface area contributed by atoms with Crippen LogP contribution < -0.4 is 5.32 Å². The Kier molecular flexibility index (Phi) is 5.18. The molecule has 25 heavy (non-hydrogen) atoms. The van der Waals surface area contributed by atoms with Gasteiger partial charge in [-0.15, -0.1) is 0 Å². The molecule has 2 heterocycles. The van der Waals surface area contributed by atoms with Crippen molar-refractivity contribution in [3.05, 3.63) is 53.1 Å². The van der Waals surface area contributed by atoms with Gasteiger partial charge in [-0.1, -0.05) is 12.1 Å². The molecule has 1 aromatic carbocycles. The predicted octanol–water partition coefficient (Wildman–Crippen LogP) is 3.24. The maximum atomic E-state index is 13.3. The number of benzene rings is 1. The van der Waals surface area contributed by atoms with Crippen LogP contribution in [0.3, 0.4) is 0 Å². The van der Waals surface area contributed by atoms with Crippen LogP contribution in [-0.2, 0) is 9.53 Å². The lowest BCUT2D eigenvalue weighted by Gasteiger charge is -2.26. The number of nitrogens with one attached hydrogen (secondary N) is 1. The van der Waals surface area contributed by atoms with Gasteiger partial charge < -0.3 is 10.1 Å². The van der Waals surface area contributed by atoms with Crippen molar-refractivity contribution < 1.29 is 13.9 Å². The molecule has 1 saturated heterocycles. The van der Waals surface area contributed by atoms with Gasteiger partial charge in [0.15, 0.2) is 0 Å². The molecule has 1 amide bonds. The molecule has 3 rings (SSSR count). The van der Waals surface area contributed by atoms with Crippen LogP contribution in [0.1, 0.15) is 48.8 Å². The van der Waals surface area contributed by atoms with E-state index in [2.05, 4.69) is 10.4 Å². The highest BCUT2D eigenvalue weighted by atomic mass is 19.1. The lowest BCUT2D eigenvalue weighted by atomic mass is 9.99. The lowest BCUT2D eigenvalue weighted by molar-refractivity contribution is -0.126. The number of rotatable bonds is 5. The van der Waals surface area contributed by atoms with Gasteiger partial charge in [0.1, 0.15) is 11.9 Å². The van der Waals surface area contributed by atoms with E-state index in [0.29, 0.717) is 6.61 Å². The van der Waals surface area contributed by atoms with Gasteiger partial charge in [-0.2, -0.15) is 5.10 Å². The zero-order valence-electron chi connectivity index (χ0n) is 14.8. The Hall–Kier alpha value is -2.21. The van der Waals surface area contributed by atoms with Gasteiger partial charge in [-0.05, 0) is 57.4 Å². The van der Waals surface area contributed by atoms with Gasteiger partial charge in [0.2, 0.25) is 5.91 Å². The molecule has 1 aliphatic heterocycles. The van der Waals surface area contributed by atoms with Crippen LogP contribution in [0.15, 0.2) is 30.3 Å². The van der Waals surface area contributed by atoms with E-state index in [1.165, 1.54) is 12.1 Å². The Morgan fingerprint density at radius 1 is 1.36 bits per heavy atom. The van der Waals surface area contributed by atoms with E-state index >= 15 is 0 Å². The zero-order chi connectivity index (χ0) is 18.0. The minimum absolute atomic E-state index is 0.0953. The molecule has 0 spiro atoms. The van der Waals surface area contributed by atoms with Crippen molar-refractivity contribution in [2.45, 2.75) is 51.8 Å². The molecule has 1 aliphatic rings. The van der Waals surface area contributed by atoms with Crippen LogP contribution in [0.5, 0.6) is 0 Å². The molecular weight excluding hydrogens is 321 g/mol. The predicted molar refractivity (Wildman–Crippen MR) is 92.7 cm³/mol. The van der Waals surface area contributed by atoms with Crippen molar-refractivity contribution in [2.75, 3.05) is 6.61 Å². The molecule has 1 aromatic heterocycles. The number of hydrogen-bond donors (Lipinski definition) is 1. The van der Waals surface area contributed by atoms with Crippen molar-refractivity contribution in [3.63, 3.8) is 0 Å². The third-order valence-electron chi connectivity index (χ3n) is 4.65. The van der Waals surface area contributed by atoms with E-state index < -0.39 is 6.04 Å². The number of carbonyl (C=O) groups is 1. The van der Waals surface area contributed by atoms with Crippen molar-refractivity contribution >= 4 is 5.91 Å². The average Bonchev–Trinajstić information content (AvgIpc) is 3.22. The van der Waals surface area contributed by atoms with Crippen LogP contribution in [0, 0.1) is 19.7 Å². The number of aromatic nitrogens is 2. The Morgan fingerprint density at radius 3 is 2.64 bits per heavy atom. The van der Waals surface area contributed by atoms with Crippen molar-refractivity contribution in [2.24, 2.45) is 0 Å². The number of carbonyl (C=O) groups excluding carboxylic acids is 1. The smallest absolute Gasteiger partial charge is 0.245 e. The summed E-state index contributed by atoms with van der Waals surface area (Å²) < 4.78 is 20.8. The Bertz CT molecular complexity index is 736. The van der Waals surface area contributed by atoms with E-state index in [1.807, 2.05) is 26.8 Å². The summed E-state index contributed by atoms with van der Waals surface area (Å²) in [6, 6.07) is 7.45. The van der Waals surface area contributed by atoms with E-state index in [0.717, 1.165) is 29.8 Å². The van der Waals surface area contributed by atoms with Gasteiger partial charge in [0.25, 0.3) is 0 Å². The maximum Gasteiger partial charge on any atom is 0.245 e. The van der Waals surface area contributed by atoms with Gasteiger partial charge in [-0.25, -0.2) is 4.39 Å². The minimum atomic E-state index is -0.432. The van der Waals surface area contributed by atoms with E-state index in [9.17, 15) is 9.18 Å². The highest BCUT2D eigenvalue weighted by Gasteiger charge is 2.30. The first-order chi connectivity index (χ1) is 12.0. The summed E-state index contributed by atoms with van der Waals surface area (Å²) in [5, 5.41) is 7.48. The molecule has 1 N–H and O–H groups in total. The monoisotopic (exact) mass is 345 g/mol. The third kappa shape index (κ3) is 3.90. The SMILES string of the molecule is Cc1cc(C)n([C@H](C)C(=O)N[C@H](c2ccc(F)cc2)[C@@H]2CCCO2)n1.